The number of hydrogen-bond donors (Lipinski definition) is 2. The minimum Gasteiger partial charge on any atom is -0.493 e. The molecule has 0 radical (unpaired) electrons. The van der Waals surface area contributed by atoms with Crippen molar-refractivity contribution < 1.29 is 24.5 Å². The van der Waals surface area contributed by atoms with E-state index in [1.54, 1.807) is 19.1 Å². The Morgan fingerprint density at radius 1 is 1.61 bits per heavy atom. The number of aliphatic hydroxyl groups excluding tert-OH is 1. The molecule has 2 rings (SSSR count). The molecule has 0 saturated carbocycles. The van der Waals surface area contributed by atoms with Gasteiger partial charge in [0.2, 0.25) is 0 Å². The first-order valence-corrected chi connectivity index (χ1v) is 5.89. The number of fused-ring (bicyclic) bond motifs is 1. The van der Waals surface area contributed by atoms with Crippen molar-refractivity contribution in [3.05, 3.63) is 23.8 Å². The highest BCUT2D eigenvalue weighted by Crippen LogP contribution is 2.32. The number of hydrogen-bond acceptors (Lipinski definition) is 4. The Labute approximate surface area is 105 Å². The van der Waals surface area contributed by atoms with Crippen molar-refractivity contribution in [3.63, 3.8) is 0 Å². The van der Waals surface area contributed by atoms with E-state index < -0.39 is 18.2 Å². The average Bonchev–Trinajstić information content (AvgIpc) is 2.71. The van der Waals surface area contributed by atoms with Gasteiger partial charge in [0.05, 0.1) is 12.7 Å². The summed E-state index contributed by atoms with van der Waals surface area (Å²) in [5.41, 5.74) is 0.880. The molecule has 5 heteroatoms. The van der Waals surface area contributed by atoms with Crippen molar-refractivity contribution in [1.29, 1.82) is 0 Å². The number of carbonyl (C=O) groups is 1. The lowest BCUT2D eigenvalue weighted by molar-refractivity contribution is -0.144. The van der Waals surface area contributed by atoms with Crippen molar-refractivity contribution in [1.82, 2.24) is 0 Å². The Morgan fingerprint density at radius 2 is 2.39 bits per heavy atom. The standard InChI is InChI=1S/C13H16O5/c1-8(14)4-5-17-10-3-2-9-6-12(13(15)16)18-11(9)7-10/h2-3,7-8,12,14H,4-6H2,1H3,(H,15,16). The van der Waals surface area contributed by atoms with Crippen LogP contribution in [-0.4, -0.2) is 35.0 Å². The lowest BCUT2D eigenvalue weighted by Crippen LogP contribution is -2.24. The van der Waals surface area contributed by atoms with E-state index in [-0.39, 0.29) is 0 Å². The van der Waals surface area contributed by atoms with Gasteiger partial charge in [-0.1, -0.05) is 6.07 Å². The molecule has 18 heavy (non-hydrogen) atoms. The van der Waals surface area contributed by atoms with Gasteiger partial charge in [-0.15, -0.1) is 0 Å². The molecule has 0 aromatic heterocycles. The molecule has 1 heterocycles. The predicted octanol–water partition coefficient (Wildman–Crippen LogP) is 1.22. The molecule has 1 aliphatic heterocycles. The maximum absolute atomic E-state index is 10.8. The van der Waals surface area contributed by atoms with Crippen LogP contribution in [0, 0.1) is 0 Å². The maximum atomic E-state index is 10.8. The second-order valence-corrected chi connectivity index (χ2v) is 4.40. The summed E-state index contributed by atoms with van der Waals surface area (Å²) >= 11 is 0. The zero-order valence-corrected chi connectivity index (χ0v) is 10.1. The molecule has 98 valence electrons. The molecule has 2 N–H and O–H groups in total. The van der Waals surface area contributed by atoms with Gasteiger partial charge in [0.15, 0.2) is 6.10 Å². The molecule has 2 atom stereocenters. The minimum atomic E-state index is -0.956. The fourth-order valence-corrected chi connectivity index (χ4v) is 1.78. The van der Waals surface area contributed by atoms with Crippen molar-refractivity contribution in [3.8, 4) is 11.5 Å². The third-order valence-corrected chi connectivity index (χ3v) is 2.79. The van der Waals surface area contributed by atoms with Gasteiger partial charge < -0.3 is 19.7 Å². The molecule has 2 unspecified atom stereocenters. The smallest absolute Gasteiger partial charge is 0.345 e. The lowest BCUT2D eigenvalue weighted by Gasteiger charge is -2.09. The molecule has 1 aliphatic rings. The Morgan fingerprint density at radius 3 is 3.06 bits per heavy atom. The molecule has 0 fully saturated rings. The number of benzene rings is 1. The fourth-order valence-electron chi connectivity index (χ4n) is 1.78. The second kappa shape index (κ2) is 5.27. The number of carboxylic acid groups (broad SMARTS) is 1. The molecule has 1 aromatic carbocycles. The highest BCUT2D eigenvalue weighted by atomic mass is 16.5. The third-order valence-electron chi connectivity index (χ3n) is 2.79. The molecule has 0 amide bonds. The minimum absolute atomic E-state index is 0.388. The van der Waals surface area contributed by atoms with E-state index in [2.05, 4.69) is 0 Å². The Balaban J connectivity index is 1.97. The zero-order chi connectivity index (χ0) is 13.1. The first kappa shape index (κ1) is 12.7. The SMILES string of the molecule is CC(O)CCOc1ccc2c(c1)OC(C(=O)O)C2. The van der Waals surface area contributed by atoms with Gasteiger partial charge >= 0.3 is 5.97 Å². The summed E-state index contributed by atoms with van der Waals surface area (Å²) in [4.78, 5) is 10.8. The van der Waals surface area contributed by atoms with Crippen LogP contribution >= 0.6 is 0 Å². The first-order valence-electron chi connectivity index (χ1n) is 5.89. The monoisotopic (exact) mass is 252 g/mol. The summed E-state index contributed by atoms with van der Waals surface area (Å²) in [6, 6.07) is 5.30. The van der Waals surface area contributed by atoms with Crippen molar-refractivity contribution in [2.45, 2.75) is 32.0 Å². The van der Waals surface area contributed by atoms with E-state index in [4.69, 9.17) is 19.7 Å². The summed E-state index contributed by atoms with van der Waals surface area (Å²) in [6.45, 7) is 2.12. The largest absolute Gasteiger partial charge is 0.493 e. The molecule has 1 aromatic rings. The van der Waals surface area contributed by atoms with Crippen molar-refractivity contribution >= 4 is 5.97 Å². The fraction of sp³-hybridized carbons (Fsp3) is 0.462. The van der Waals surface area contributed by atoms with Crippen LogP contribution in [0.2, 0.25) is 0 Å². The van der Waals surface area contributed by atoms with Crippen LogP contribution in [0.4, 0.5) is 0 Å². The van der Waals surface area contributed by atoms with Crippen LogP contribution in [0.5, 0.6) is 11.5 Å². The summed E-state index contributed by atoms with van der Waals surface area (Å²) < 4.78 is 10.8. The molecule has 0 aliphatic carbocycles. The normalized spacial score (nSPS) is 18.9. The van der Waals surface area contributed by atoms with E-state index >= 15 is 0 Å². The van der Waals surface area contributed by atoms with E-state index in [0.717, 1.165) is 5.56 Å². The van der Waals surface area contributed by atoms with Gasteiger partial charge in [-0.3, -0.25) is 0 Å². The summed E-state index contributed by atoms with van der Waals surface area (Å²) in [7, 11) is 0. The van der Waals surface area contributed by atoms with E-state index in [1.807, 2.05) is 6.07 Å². The molecule has 0 saturated heterocycles. The zero-order valence-electron chi connectivity index (χ0n) is 10.1. The van der Waals surface area contributed by atoms with E-state index in [9.17, 15) is 4.79 Å². The summed E-state index contributed by atoms with van der Waals surface area (Å²) in [5, 5.41) is 18.0. The van der Waals surface area contributed by atoms with Gasteiger partial charge in [-0.25, -0.2) is 4.79 Å². The average molecular weight is 252 g/mol. The van der Waals surface area contributed by atoms with E-state index in [1.165, 1.54) is 0 Å². The molecule has 0 spiro atoms. The highest BCUT2D eigenvalue weighted by molar-refractivity contribution is 5.74. The van der Waals surface area contributed by atoms with Crippen LogP contribution in [0.3, 0.4) is 0 Å². The summed E-state index contributed by atoms with van der Waals surface area (Å²) in [6.07, 6.45) is -0.256. The highest BCUT2D eigenvalue weighted by Gasteiger charge is 2.28. The van der Waals surface area contributed by atoms with Crippen molar-refractivity contribution in [2.75, 3.05) is 6.61 Å². The molecule has 0 bridgehead atoms. The van der Waals surface area contributed by atoms with Gasteiger partial charge in [0.25, 0.3) is 0 Å². The van der Waals surface area contributed by atoms with Crippen molar-refractivity contribution in [2.24, 2.45) is 0 Å². The Bertz CT molecular complexity index is 441. The van der Waals surface area contributed by atoms with Gasteiger partial charge in [-0.2, -0.15) is 0 Å². The van der Waals surface area contributed by atoms with Crippen LogP contribution in [-0.2, 0) is 11.2 Å². The van der Waals surface area contributed by atoms with Crippen LogP contribution in [0.25, 0.3) is 0 Å². The topological polar surface area (TPSA) is 76.0 Å². The number of carboxylic acids is 1. The number of aliphatic carboxylic acids is 1. The van der Waals surface area contributed by atoms with Crippen LogP contribution in [0.15, 0.2) is 18.2 Å². The molecular formula is C13H16O5. The van der Waals surface area contributed by atoms with E-state index in [0.29, 0.717) is 30.9 Å². The third kappa shape index (κ3) is 2.92. The van der Waals surface area contributed by atoms with Gasteiger partial charge in [0, 0.05) is 18.9 Å². The summed E-state index contributed by atoms with van der Waals surface area (Å²) in [5.74, 6) is 0.236. The molecular weight excluding hydrogens is 236 g/mol. The van der Waals surface area contributed by atoms with Gasteiger partial charge in [0.1, 0.15) is 11.5 Å². The Hall–Kier alpha value is -1.75. The lowest BCUT2D eigenvalue weighted by atomic mass is 10.1. The molecule has 5 nitrogen and oxygen atoms in total. The predicted molar refractivity (Wildman–Crippen MR) is 64.0 cm³/mol. The Kier molecular flexibility index (Phi) is 3.72. The van der Waals surface area contributed by atoms with Crippen LogP contribution < -0.4 is 9.47 Å². The quantitative estimate of drug-likeness (QED) is 0.824. The second-order valence-electron chi connectivity index (χ2n) is 4.40. The number of ether oxygens (including phenoxy) is 2. The number of aliphatic hydroxyl groups is 1. The first-order chi connectivity index (χ1) is 8.56. The van der Waals surface area contributed by atoms with Gasteiger partial charge in [-0.05, 0) is 18.6 Å². The maximum Gasteiger partial charge on any atom is 0.345 e. The van der Waals surface area contributed by atoms with Crippen LogP contribution in [0.1, 0.15) is 18.9 Å². The number of rotatable bonds is 5.